The van der Waals surface area contributed by atoms with Crippen LogP contribution in [0.5, 0.6) is 0 Å². The molecule has 0 aliphatic carbocycles. The number of likely N-dealkylation sites (N-methyl/N-ethyl adjacent to an activating group) is 1. The van der Waals surface area contributed by atoms with Gasteiger partial charge in [-0.3, -0.25) is 9.48 Å². The second kappa shape index (κ2) is 7.17. The molecule has 1 unspecified atom stereocenters. The Kier molecular flexibility index (Phi) is 5.85. The second-order valence-corrected chi connectivity index (χ2v) is 4.96. The van der Waals surface area contributed by atoms with E-state index in [2.05, 4.69) is 17.3 Å². The summed E-state index contributed by atoms with van der Waals surface area (Å²) in [7, 11) is 1.84. The van der Waals surface area contributed by atoms with Gasteiger partial charge in [0.15, 0.2) is 0 Å². The molecule has 0 aliphatic rings. The van der Waals surface area contributed by atoms with Crippen LogP contribution in [0.3, 0.4) is 0 Å². The topological polar surface area (TPSA) is 76.2 Å². The molecule has 6 heteroatoms. The molecule has 3 N–H and O–H groups in total. The van der Waals surface area contributed by atoms with Gasteiger partial charge in [-0.15, -0.1) is 0 Å². The van der Waals surface area contributed by atoms with Crippen LogP contribution < -0.4 is 11.1 Å². The van der Waals surface area contributed by atoms with Crippen molar-refractivity contribution >= 4 is 17.4 Å². The molecule has 0 saturated heterocycles. The second-order valence-electron chi connectivity index (χ2n) is 4.96. The van der Waals surface area contributed by atoms with Crippen molar-refractivity contribution < 1.29 is 4.79 Å². The molecule has 114 valence electrons. The van der Waals surface area contributed by atoms with Gasteiger partial charge in [-0.1, -0.05) is 13.3 Å². The highest BCUT2D eigenvalue weighted by Gasteiger charge is 2.21. The van der Waals surface area contributed by atoms with Crippen molar-refractivity contribution in [1.82, 2.24) is 14.7 Å². The van der Waals surface area contributed by atoms with E-state index in [1.54, 1.807) is 9.58 Å². The van der Waals surface area contributed by atoms with Crippen LogP contribution in [0.2, 0.25) is 0 Å². The maximum Gasteiger partial charge on any atom is 0.244 e. The number of nitrogens with zero attached hydrogens (tertiary/aromatic N) is 3. The fourth-order valence-corrected chi connectivity index (χ4v) is 2.26. The molecule has 0 radical (unpaired) electrons. The lowest BCUT2D eigenvalue weighted by atomic mass is 10.2. The summed E-state index contributed by atoms with van der Waals surface area (Å²) >= 11 is 0. The van der Waals surface area contributed by atoms with Crippen molar-refractivity contribution in [3.63, 3.8) is 0 Å². The molecule has 0 aromatic carbocycles. The van der Waals surface area contributed by atoms with Crippen molar-refractivity contribution in [2.24, 2.45) is 7.05 Å². The standard InChI is InChI=1S/C14H27N5O/c1-6-9-11-12(15)13(18(5)17-11)16-10(4)14(20)19(7-2)8-3/h10,16H,6-9,15H2,1-5H3. The summed E-state index contributed by atoms with van der Waals surface area (Å²) in [6.45, 7) is 9.32. The molecule has 1 rings (SSSR count). The fourth-order valence-electron chi connectivity index (χ4n) is 2.26. The molecule has 1 atom stereocenters. The first-order chi connectivity index (χ1) is 9.46. The molecule has 0 saturated carbocycles. The smallest absolute Gasteiger partial charge is 0.244 e. The highest BCUT2D eigenvalue weighted by atomic mass is 16.2. The predicted octanol–water partition coefficient (Wildman–Crippen LogP) is 1.62. The van der Waals surface area contributed by atoms with E-state index in [0.29, 0.717) is 18.8 Å². The van der Waals surface area contributed by atoms with Gasteiger partial charge in [0.05, 0.1) is 11.4 Å². The largest absolute Gasteiger partial charge is 0.394 e. The summed E-state index contributed by atoms with van der Waals surface area (Å²) < 4.78 is 1.71. The summed E-state index contributed by atoms with van der Waals surface area (Å²) in [6, 6.07) is -0.318. The Labute approximate surface area is 121 Å². The number of anilines is 2. The Hall–Kier alpha value is -1.72. The van der Waals surface area contributed by atoms with Crippen LogP contribution in [0.15, 0.2) is 0 Å². The van der Waals surface area contributed by atoms with Crippen molar-refractivity contribution in [2.45, 2.75) is 46.6 Å². The zero-order chi connectivity index (χ0) is 15.3. The average Bonchev–Trinajstić information content (AvgIpc) is 2.68. The first-order valence-corrected chi connectivity index (χ1v) is 7.32. The number of nitrogens with one attached hydrogen (secondary N) is 1. The van der Waals surface area contributed by atoms with Gasteiger partial charge in [-0.2, -0.15) is 5.10 Å². The molecular formula is C14H27N5O. The van der Waals surface area contributed by atoms with E-state index in [1.807, 2.05) is 27.8 Å². The third kappa shape index (κ3) is 3.43. The minimum atomic E-state index is -0.318. The number of hydrogen-bond acceptors (Lipinski definition) is 4. The van der Waals surface area contributed by atoms with Crippen LogP contribution in [-0.2, 0) is 18.3 Å². The van der Waals surface area contributed by atoms with Crippen LogP contribution in [-0.4, -0.2) is 39.7 Å². The van der Waals surface area contributed by atoms with Gasteiger partial charge in [0.2, 0.25) is 5.91 Å². The molecule has 0 spiro atoms. The number of carbonyl (C=O) groups excluding carboxylic acids is 1. The number of rotatable bonds is 7. The maximum atomic E-state index is 12.3. The SMILES string of the molecule is CCCc1nn(C)c(NC(C)C(=O)N(CC)CC)c1N. The van der Waals surface area contributed by atoms with E-state index < -0.39 is 0 Å². The quantitative estimate of drug-likeness (QED) is 0.796. The van der Waals surface area contributed by atoms with E-state index in [4.69, 9.17) is 5.73 Å². The Morgan fingerprint density at radius 1 is 1.40 bits per heavy atom. The Bertz CT molecular complexity index is 451. The minimum Gasteiger partial charge on any atom is -0.394 e. The Balaban J connectivity index is 2.85. The van der Waals surface area contributed by atoms with Gasteiger partial charge in [0.1, 0.15) is 11.9 Å². The first-order valence-electron chi connectivity index (χ1n) is 7.32. The summed E-state index contributed by atoms with van der Waals surface area (Å²) in [5, 5.41) is 7.59. The van der Waals surface area contributed by atoms with Gasteiger partial charge in [0, 0.05) is 20.1 Å². The molecule has 0 fully saturated rings. The van der Waals surface area contributed by atoms with Gasteiger partial charge in [-0.05, 0) is 27.2 Å². The van der Waals surface area contributed by atoms with Crippen molar-refractivity contribution in [1.29, 1.82) is 0 Å². The zero-order valence-corrected chi connectivity index (χ0v) is 13.2. The van der Waals surface area contributed by atoms with E-state index in [9.17, 15) is 4.79 Å². The van der Waals surface area contributed by atoms with E-state index in [-0.39, 0.29) is 11.9 Å². The molecule has 0 aliphatic heterocycles. The van der Waals surface area contributed by atoms with Crippen molar-refractivity contribution in [2.75, 3.05) is 24.1 Å². The van der Waals surface area contributed by atoms with Crippen LogP contribution in [0, 0.1) is 0 Å². The summed E-state index contributed by atoms with van der Waals surface area (Å²) in [5.74, 6) is 0.800. The number of carbonyl (C=O) groups is 1. The zero-order valence-electron chi connectivity index (χ0n) is 13.2. The van der Waals surface area contributed by atoms with E-state index >= 15 is 0 Å². The molecule has 20 heavy (non-hydrogen) atoms. The highest BCUT2D eigenvalue weighted by molar-refractivity contribution is 5.85. The average molecular weight is 281 g/mol. The molecule has 0 bridgehead atoms. The summed E-state index contributed by atoms with van der Waals surface area (Å²) in [5.41, 5.74) is 7.64. The fraction of sp³-hybridized carbons (Fsp3) is 0.714. The van der Waals surface area contributed by atoms with Gasteiger partial charge in [-0.25, -0.2) is 0 Å². The Morgan fingerprint density at radius 2 is 2.00 bits per heavy atom. The number of nitrogen functional groups attached to an aromatic ring is 1. The summed E-state index contributed by atoms with van der Waals surface area (Å²) in [6.07, 6.45) is 1.84. The summed E-state index contributed by atoms with van der Waals surface area (Å²) in [4.78, 5) is 14.1. The molecule has 1 amide bonds. The van der Waals surface area contributed by atoms with Gasteiger partial charge in [0.25, 0.3) is 0 Å². The van der Waals surface area contributed by atoms with E-state index in [0.717, 1.165) is 24.4 Å². The number of nitrogens with two attached hydrogens (primary N) is 1. The van der Waals surface area contributed by atoms with Crippen LogP contribution in [0.4, 0.5) is 11.5 Å². The highest BCUT2D eigenvalue weighted by Crippen LogP contribution is 2.23. The van der Waals surface area contributed by atoms with E-state index in [1.165, 1.54) is 0 Å². The molecule has 1 heterocycles. The lowest BCUT2D eigenvalue weighted by Gasteiger charge is -2.24. The van der Waals surface area contributed by atoms with Gasteiger partial charge < -0.3 is 16.0 Å². The molecular weight excluding hydrogens is 254 g/mol. The van der Waals surface area contributed by atoms with Crippen LogP contribution >= 0.6 is 0 Å². The lowest BCUT2D eigenvalue weighted by Crippen LogP contribution is -2.41. The third-order valence-electron chi connectivity index (χ3n) is 3.45. The number of hydrogen-bond donors (Lipinski definition) is 2. The number of aryl methyl sites for hydroxylation is 2. The van der Waals surface area contributed by atoms with Crippen molar-refractivity contribution in [3.8, 4) is 0 Å². The number of aromatic nitrogens is 2. The monoisotopic (exact) mass is 281 g/mol. The van der Waals surface area contributed by atoms with Crippen molar-refractivity contribution in [3.05, 3.63) is 5.69 Å². The molecule has 6 nitrogen and oxygen atoms in total. The first kappa shape index (κ1) is 16.3. The van der Waals surface area contributed by atoms with Crippen LogP contribution in [0.25, 0.3) is 0 Å². The Morgan fingerprint density at radius 3 is 2.50 bits per heavy atom. The van der Waals surface area contributed by atoms with Crippen LogP contribution in [0.1, 0.15) is 39.8 Å². The minimum absolute atomic E-state index is 0.0765. The van der Waals surface area contributed by atoms with Gasteiger partial charge >= 0.3 is 0 Å². The molecule has 1 aromatic heterocycles. The number of amides is 1. The third-order valence-corrected chi connectivity index (χ3v) is 3.45. The normalized spacial score (nSPS) is 12.2. The predicted molar refractivity (Wildman–Crippen MR) is 82.6 cm³/mol. The molecule has 1 aromatic rings. The maximum absolute atomic E-state index is 12.3. The lowest BCUT2D eigenvalue weighted by molar-refractivity contribution is -0.131.